The van der Waals surface area contributed by atoms with Gasteiger partial charge in [0, 0.05) is 31.7 Å². The fraction of sp³-hybridized carbons (Fsp3) is 0.412. The summed E-state index contributed by atoms with van der Waals surface area (Å²) >= 11 is 0. The monoisotopic (exact) mass is 335 g/mol. The van der Waals surface area contributed by atoms with E-state index in [-0.39, 0.29) is 17.7 Å². The molecule has 1 amide bonds. The number of carbonyl (C=O) groups is 1. The molecule has 24 heavy (non-hydrogen) atoms. The first-order valence-corrected chi connectivity index (χ1v) is 7.88. The lowest BCUT2D eigenvalue weighted by Crippen LogP contribution is -2.40. The summed E-state index contributed by atoms with van der Waals surface area (Å²) in [5.41, 5.74) is 0.909. The number of rotatable bonds is 2. The molecule has 0 aliphatic carbocycles. The van der Waals surface area contributed by atoms with Gasteiger partial charge in [-0.05, 0) is 32.4 Å². The highest BCUT2D eigenvalue weighted by molar-refractivity contribution is 5.92. The molecule has 1 aromatic heterocycles. The molecule has 1 aliphatic rings. The number of aryl methyl sites for hydroxylation is 1. The Morgan fingerprint density at radius 1 is 1.29 bits per heavy atom. The first-order chi connectivity index (χ1) is 11.5. The zero-order valence-corrected chi connectivity index (χ0v) is 13.6. The lowest BCUT2D eigenvalue weighted by molar-refractivity contribution is 0.0671. The van der Waals surface area contributed by atoms with E-state index < -0.39 is 11.6 Å². The topological polar surface area (TPSA) is 49.6 Å². The van der Waals surface area contributed by atoms with E-state index in [0.29, 0.717) is 37.4 Å². The van der Waals surface area contributed by atoms with Crippen LogP contribution in [0.5, 0.6) is 0 Å². The van der Waals surface area contributed by atoms with Gasteiger partial charge in [-0.25, -0.2) is 13.8 Å². The van der Waals surface area contributed by atoms with Crippen LogP contribution in [0.15, 0.2) is 29.0 Å². The molecule has 1 fully saturated rings. The number of anilines is 1. The van der Waals surface area contributed by atoms with E-state index in [1.54, 1.807) is 11.8 Å². The maximum absolute atomic E-state index is 14.0. The summed E-state index contributed by atoms with van der Waals surface area (Å²) in [5.74, 6) is -1.16. The molecule has 5 nitrogen and oxygen atoms in total. The van der Waals surface area contributed by atoms with Gasteiger partial charge in [0.05, 0.1) is 11.4 Å². The molecule has 1 saturated heterocycles. The third-order valence-electron chi connectivity index (χ3n) is 4.41. The van der Waals surface area contributed by atoms with Crippen LogP contribution in [0.3, 0.4) is 0 Å². The first kappa shape index (κ1) is 16.4. The van der Waals surface area contributed by atoms with E-state index >= 15 is 0 Å². The van der Waals surface area contributed by atoms with Gasteiger partial charge in [0.15, 0.2) is 6.39 Å². The fourth-order valence-electron chi connectivity index (χ4n) is 2.98. The molecule has 7 heteroatoms. The van der Waals surface area contributed by atoms with Gasteiger partial charge in [-0.2, -0.15) is 0 Å². The summed E-state index contributed by atoms with van der Waals surface area (Å²) in [6.45, 7) is 5.15. The normalized spacial score (nSPS) is 18.6. The fourth-order valence-corrected chi connectivity index (χ4v) is 2.98. The maximum Gasteiger partial charge on any atom is 0.291 e. The Morgan fingerprint density at radius 3 is 2.75 bits per heavy atom. The maximum atomic E-state index is 14.0. The van der Waals surface area contributed by atoms with E-state index in [9.17, 15) is 13.6 Å². The minimum Gasteiger partial charge on any atom is -0.438 e. The van der Waals surface area contributed by atoms with Gasteiger partial charge in [-0.15, -0.1) is 0 Å². The second kappa shape index (κ2) is 6.59. The Kier molecular flexibility index (Phi) is 4.51. The van der Waals surface area contributed by atoms with Crippen molar-refractivity contribution in [2.75, 3.05) is 24.5 Å². The number of carbonyl (C=O) groups excluding carboxylic acids is 1. The number of hydrogen-bond donors (Lipinski definition) is 0. The summed E-state index contributed by atoms with van der Waals surface area (Å²) in [4.78, 5) is 20.2. The van der Waals surface area contributed by atoms with Crippen molar-refractivity contribution in [1.82, 2.24) is 9.88 Å². The third-order valence-corrected chi connectivity index (χ3v) is 4.41. The zero-order chi connectivity index (χ0) is 17.3. The van der Waals surface area contributed by atoms with Gasteiger partial charge >= 0.3 is 0 Å². The highest BCUT2D eigenvalue weighted by atomic mass is 19.1. The Labute approximate surface area is 138 Å². The predicted octanol–water partition coefficient (Wildman–Crippen LogP) is 3.00. The highest BCUT2D eigenvalue weighted by Crippen LogP contribution is 2.24. The van der Waals surface area contributed by atoms with Crippen molar-refractivity contribution >= 4 is 11.6 Å². The van der Waals surface area contributed by atoms with Crippen LogP contribution in [0.1, 0.15) is 29.6 Å². The SMILES string of the molecule is Cc1ncoc1C(=O)N1CCN(c2ccc(F)cc2F)CCC1C. The van der Waals surface area contributed by atoms with Crippen molar-refractivity contribution in [1.29, 1.82) is 0 Å². The van der Waals surface area contributed by atoms with Crippen LogP contribution in [0.4, 0.5) is 14.5 Å². The van der Waals surface area contributed by atoms with Crippen molar-refractivity contribution in [2.45, 2.75) is 26.3 Å². The molecule has 0 saturated carbocycles. The molecule has 0 spiro atoms. The molecule has 2 aromatic rings. The van der Waals surface area contributed by atoms with Crippen molar-refractivity contribution in [3.63, 3.8) is 0 Å². The molecule has 1 aromatic carbocycles. The van der Waals surface area contributed by atoms with Gasteiger partial charge < -0.3 is 14.2 Å². The summed E-state index contributed by atoms with van der Waals surface area (Å²) in [7, 11) is 0. The number of nitrogens with zero attached hydrogens (tertiary/aromatic N) is 3. The second-order valence-electron chi connectivity index (χ2n) is 5.99. The van der Waals surface area contributed by atoms with Crippen molar-refractivity contribution in [3.8, 4) is 0 Å². The second-order valence-corrected chi connectivity index (χ2v) is 5.99. The van der Waals surface area contributed by atoms with E-state index in [2.05, 4.69) is 4.98 Å². The molecule has 3 rings (SSSR count). The molecule has 0 bridgehead atoms. The lowest BCUT2D eigenvalue weighted by Gasteiger charge is -2.26. The number of oxazole rings is 1. The molecule has 0 radical (unpaired) electrons. The van der Waals surface area contributed by atoms with Crippen LogP contribution in [0.25, 0.3) is 0 Å². The van der Waals surface area contributed by atoms with E-state index in [1.807, 2.05) is 11.8 Å². The number of aromatic nitrogens is 1. The third kappa shape index (κ3) is 3.11. The number of halogens is 2. The average Bonchev–Trinajstić information content (AvgIpc) is 2.87. The Hall–Kier alpha value is -2.44. The van der Waals surface area contributed by atoms with E-state index in [1.165, 1.54) is 18.5 Å². The summed E-state index contributed by atoms with van der Waals surface area (Å²) in [6.07, 6.45) is 1.93. The minimum absolute atomic E-state index is 0.0180. The largest absolute Gasteiger partial charge is 0.438 e. The smallest absolute Gasteiger partial charge is 0.291 e. The van der Waals surface area contributed by atoms with Gasteiger partial charge in [0.1, 0.15) is 11.6 Å². The van der Waals surface area contributed by atoms with Crippen LogP contribution >= 0.6 is 0 Å². The quantitative estimate of drug-likeness (QED) is 0.846. The molecule has 2 heterocycles. The molecule has 0 N–H and O–H groups in total. The lowest BCUT2D eigenvalue weighted by atomic mass is 10.2. The summed E-state index contributed by atoms with van der Waals surface area (Å²) < 4.78 is 32.3. The van der Waals surface area contributed by atoms with Crippen molar-refractivity contribution < 1.29 is 18.0 Å². The zero-order valence-electron chi connectivity index (χ0n) is 13.6. The number of hydrogen-bond acceptors (Lipinski definition) is 4. The van der Waals surface area contributed by atoms with Crippen LogP contribution in [-0.4, -0.2) is 41.5 Å². The van der Waals surface area contributed by atoms with Crippen LogP contribution in [-0.2, 0) is 0 Å². The van der Waals surface area contributed by atoms with Gasteiger partial charge in [0.25, 0.3) is 5.91 Å². The van der Waals surface area contributed by atoms with Crippen molar-refractivity contribution in [2.24, 2.45) is 0 Å². The van der Waals surface area contributed by atoms with Crippen LogP contribution < -0.4 is 4.90 Å². The van der Waals surface area contributed by atoms with Gasteiger partial charge in [-0.3, -0.25) is 4.79 Å². The predicted molar refractivity (Wildman–Crippen MR) is 84.9 cm³/mol. The van der Waals surface area contributed by atoms with E-state index in [4.69, 9.17) is 4.42 Å². The highest BCUT2D eigenvalue weighted by Gasteiger charge is 2.29. The molecule has 1 unspecified atom stereocenters. The molecule has 1 atom stereocenters. The molecule has 128 valence electrons. The van der Waals surface area contributed by atoms with Crippen LogP contribution in [0.2, 0.25) is 0 Å². The van der Waals surface area contributed by atoms with Crippen LogP contribution in [0, 0.1) is 18.6 Å². The van der Waals surface area contributed by atoms with E-state index in [0.717, 1.165) is 6.07 Å². The molecular weight excluding hydrogens is 316 g/mol. The van der Waals surface area contributed by atoms with Gasteiger partial charge in [-0.1, -0.05) is 0 Å². The summed E-state index contributed by atoms with van der Waals surface area (Å²) in [6, 6.07) is 3.54. The number of amides is 1. The molecular formula is C17H19F2N3O2. The Morgan fingerprint density at radius 2 is 2.08 bits per heavy atom. The van der Waals surface area contributed by atoms with Crippen molar-refractivity contribution in [3.05, 3.63) is 47.7 Å². The first-order valence-electron chi connectivity index (χ1n) is 7.88. The standard InChI is InChI=1S/C17H19F2N3O2/c1-11-5-6-21(15-4-3-13(18)9-14(15)19)7-8-22(11)17(23)16-12(2)20-10-24-16/h3-4,9-11H,5-8H2,1-2H3. The Balaban J connectivity index is 1.78. The molecule has 1 aliphatic heterocycles. The minimum atomic E-state index is -0.600. The Bertz CT molecular complexity index is 747. The number of benzene rings is 1. The van der Waals surface area contributed by atoms with Gasteiger partial charge in [0.2, 0.25) is 5.76 Å². The average molecular weight is 335 g/mol. The summed E-state index contributed by atoms with van der Waals surface area (Å²) in [5, 5.41) is 0.